The molecule has 0 amide bonds. The Morgan fingerprint density at radius 3 is 2.14 bits per heavy atom. The summed E-state index contributed by atoms with van der Waals surface area (Å²) in [6.07, 6.45) is 5.01. The van der Waals surface area contributed by atoms with Crippen LogP contribution in [0.5, 0.6) is 0 Å². The molecule has 2 unspecified atom stereocenters. The smallest absolute Gasteiger partial charge is 0.132 e. The van der Waals surface area contributed by atoms with Crippen LogP contribution in [-0.2, 0) is 17.9 Å². The first-order valence-electron chi connectivity index (χ1n) is 6.89. The van der Waals surface area contributed by atoms with Crippen molar-refractivity contribution in [2.75, 3.05) is 0 Å². The molecule has 3 heteroatoms. The topological polar surface area (TPSA) is 41.5 Å². The van der Waals surface area contributed by atoms with Crippen LogP contribution in [0.1, 0.15) is 11.1 Å². The van der Waals surface area contributed by atoms with Gasteiger partial charge in [0, 0.05) is 0 Å². The van der Waals surface area contributed by atoms with Gasteiger partial charge in [0.15, 0.2) is 0 Å². The van der Waals surface area contributed by atoms with Gasteiger partial charge in [-0.2, -0.15) is 5.48 Å². The lowest BCUT2D eigenvalue weighted by Gasteiger charge is -2.20. The fourth-order valence-corrected chi connectivity index (χ4v) is 2.01. The summed E-state index contributed by atoms with van der Waals surface area (Å²) in [4.78, 5) is 5.47. The van der Waals surface area contributed by atoms with E-state index in [1.807, 2.05) is 60.7 Å². The zero-order chi connectivity index (χ0) is 14.9. The Morgan fingerprint density at radius 1 is 1.00 bits per heavy atom. The second kappa shape index (κ2) is 8.23. The maximum Gasteiger partial charge on any atom is 0.132 e. The Bertz CT molecular complexity index is 563. The lowest BCUT2D eigenvalue weighted by Crippen LogP contribution is -2.40. The van der Waals surface area contributed by atoms with Crippen LogP contribution >= 0.6 is 0 Å². The SMILES string of the molecule is C#CC(O)C(Cc1ccccc1)NOCc1ccccc1. The Morgan fingerprint density at radius 2 is 1.57 bits per heavy atom. The average molecular weight is 281 g/mol. The van der Waals surface area contributed by atoms with Crippen LogP contribution < -0.4 is 5.48 Å². The molecule has 0 aliphatic carbocycles. The number of terminal acetylenes is 1. The van der Waals surface area contributed by atoms with Gasteiger partial charge in [0.05, 0.1) is 12.6 Å². The Hall–Kier alpha value is -2.12. The third-order valence-electron chi connectivity index (χ3n) is 3.17. The summed E-state index contributed by atoms with van der Waals surface area (Å²) in [5, 5.41) is 9.90. The van der Waals surface area contributed by atoms with Crippen molar-refractivity contribution in [3.05, 3.63) is 71.8 Å². The largest absolute Gasteiger partial charge is 0.379 e. The van der Waals surface area contributed by atoms with E-state index < -0.39 is 6.10 Å². The average Bonchev–Trinajstić information content (AvgIpc) is 2.55. The molecule has 0 aromatic heterocycles. The van der Waals surface area contributed by atoms with Crippen LogP contribution in [0.4, 0.5) is 0 Å². The zero-order valence-electron chi connectivity index (χ0n) is 11.8. The Labute approximate surface area is 125 Å². The number of aliphatic hydroxyl groups excluding tert-OH is 1. The number of rotatable bonds is 7. The third kappa shape index (κ3) is 5.05. The monoisotopic (exact) mass is 281 g/mol. The molecular weight excluding hydrogens is 262 g/mol. The fraction of sp³-hybridized carbons (Fsp3) is 0.222. The highest BCUT2D eigenvalue weighted by Crippen LogP contribution is 2.07. The first kappa shape index (κ1) is 15.3. The summed E-state index contributed by atoms with van der Waals surface area (Å²) < 4.78 is 0. The van der Waals surface area contributed by atoms with Crippen molar-refractivity contribution >= 4 is 0 Å². The van der Waals surface area contributed by atoms with Gasteiger partial charge in [0.25, 0.3) is 0 Å². The molecule has 2 N–H and O–H groups in total. The molecule has 2 aromatic rings. The summed E-state index contributed by atoms with van der Waals surface area (Å²) in [7, 11) is 0. The molecule has 3 nitrogen and oxygen atoms in total. The normalized spacial score (nSPS) is 13.3. The summed E-state index contributed by atoms with van der Waals surface area (Å²) in [6.45, 7) is 0.420. The van der Waals surface area contributed by atoms with Crippen molar-refractivity contribution in [1.29, 1.82) is 0 Å². The first-order chi connectivity index (χ1) is 10.3. The predicted octanol–water partition coefficient (Wildman–Crippen LogP) is 2.31. The molecule has 0 heterocycles. The van der Waals surface area contributed by atoms with Crippen molar-refractivity contribution in [3.8, 4) is 12.3 Å². The van der Waals surface area contributed by atoms with E-state index in [0.29, 0.717) is 13.0 Å². The summed E-state index contributed by atoms with van der Waals surface area (Å²) in [5.74, 6) is 2.35. The highest BCUT2D eigenvalue weighted by molar-refractivity contribution is 5.17. The molecule has 0 saturated carbocycles. The van der Waals surface area contributed by atoms with Crippen LogP contribution in [0.3, 0.4) is 0 Å². The molecule has 21 heavy (non-hydrogen) atoms. The molecule has 0 bridgehead atoms. The van der Waals surface area contributed by atoms with Gasteiger partial charge in [-0.1, -0.05) is 66.6 Å². The van der Waals surface area contributed by atoms with Gasteiger partial charge in [-0.25, -0.2) is 0 Å². The maximum absolute atomic E-state index is 9.90. The molecule has 0 saturated heterocycles. The van der Waals surface area contributed by atoms with Gasteiger partial charge >= 0.3 is 0 Å². The standard InChI is InChI=1S/C18H19NO2/c1-2-18(20)17(13-15-9-5-3-6-10-15)19-21-14-16-11-7-4-8-12-16/h1,3-12,17-20H,13-14H2. The quantitative estimate of drug-likeness (QED) is 0.604. The highest BCUT2D eigenvalue weighted by atomic mass is 16.6. The van der Waals surface area contributed by atoms with E-state index >= 15 is 0 Å². The molecule has 2 aromatic carbocycles. The van der Waals surface area contributed by atoms with Crippen molar-refractivity contribution in [1.82, 2.24) is 5.48 Å². The lowest BCUT2D eigenvalue weighted by molar-refractivity contribution is -0.0204. The maximum atomic E-state index is 9.90. The summed E-state index contributed by atoms with van der Waals surface area (Å²) in [5.41, 5.74) is 5.02. The molecule has 2 rings (SSSR count). The number of hydrogen-bond donors (Lipinski definition) is 2. The van der Waals surface area contributed by atoms with Crippen LogP contribution in [0.15, 0.2) is 60.7 Å². The van der Waals surface area contributed by atoms with Crippen molar-refractivity contribution < 1.29 is 9.94 Å². The van der Waals surface area contributed by atoms with Crippen LogP contribution in [-0.4, -0.2) is 17.3 Å². The lowest BCUT2D eigenvalue weighted by atomic mass is 10.0. The second-order valence-electron chi connectivity index (χ2n) is 4.80. The van der Waals surface area contributed by atoms with E-state index in [-0.39, 0.29) is 6.04 Å². The Kier molecular flexibility index (Phi) is 5.99. The molecule has 0 fully saturated rings. The van der Waals surface area contributed by atoms with E-state index in [1.54, 1.807) is 0 Å². The number of nitrogens with one attached hydrogen (secondary N) is 1. The summed E-state index contributed by atoms with van der Waals surface area (Å²) in [6, 6.07) is 19.3. The minimum Gasteiger partial charge on any atom is -0.379 e. The molecule has 0 radical (unpaired) electrons. The molecule has 2 atom stereocenters. The number of benzene rings is 2. The van der Waals surface area contributed by atoms with Gasteiger partial charge in [0.1, 0.15) is 6.10 Å². The van der Waals surface area contributed by atoms with Crippen LogP contribution in [0.2, 0.25) is 0 Å². The number of aliphatic hydroxyl groups is 1. The van der Waals surface area contributed by atoms with Gasteiger partial charge in [-0.3, -0.25) is 4.84 Å². The number of hydrogen-bond acceptors (Lipinski definition) is 3. The Balaban J connectivity index is 1.90. The molecule has 0 aliphatic heterocycles. The van der Waals surface area contributed by atoms with E-state index in [1.165, 1.54) is 0 Å². The highest BCUT2D eigenvalue weighted by Gasteiger charge is 2.17. The van der Waals surface area contributed by atoms with Gasteiger partial charge in [0.2, 0.25) is 0 Å². The van der Waals surface area contributed by atoms with E-state index in [4.69, 9.17) is 11.3 Å². The molecule has 108 valence electrons. The van der Waals surface area contributed by atoms with E-state index in [0.717, 1.165) is 11.1 Å². The fourth-order valence-electron chi connectivity index (χ4n) is 2.01. The summed E-state index contributed by atoms with van der Waals surface area (Å²) >= 11 is 0. The van der Waals surface area contributed by atoms with Crippen molar-refractivity contribution in [2.24, 2.45) is 0 Å². The zero-order valence-corrected chi connectivity index (χ0v) is 11.8. The molecular formula is C18H19NO2. The predicted molar refractivity (Wildman–Crippen MR) is 83.1 cm³/mol. The molecule has 0 aliphatic rings. The van der Waals surface area contributed by atoms with Crippen LogP contribution in [0, 0.1) is 12.3 Å². The number of hydroxylamine groups is 1. The van der Waals surface area contributed by atoms with E-state index in [9.17, 15) is 5.11 Å². The van der Waals surface area contributed by atoms with Gasteiger partial charge in [-0.05, 0) is 17.5 Å². The minimum atomic E-state index is -0.902. The van der Waals surface area contributed by atoms with Crippen LogP contribution in [0.25, 0.3) is 0 Å². The van der Waals surface area contributed by atoms with Gasteiger partial charge in [-0.15, -0.1) is 6.42 Å². The first-order valence-corrected chi connectivity index (χ1v) is 6.89. The van der Waals surface area contributed by atoms with E-state index in [2.05, 4.69) is 11.4 Å². The molecule has 0 spiro atoms. The van der Waals surface area contributed by atoms with Crippen molar-refractivity contribution in [3.63, 3.8) is 0 Å². The van der Waals surface area contributed by atoms with Crippen molar-refractivity contribution in [2.45, 2.75) is 25.2 Å². The second-order valence-corrected chi connectivity index (χ2v) is 4.80. The third-order valence-corrected chi connectivity index (χ3v) is 3.17. The minimum absolute atomic E-state index is 0.346. The van der Waals surface area contributed by atoms with Gasteiger partial charge < -0.3 is 5.11 Å².